The Morgan fingerprint density at radius 1 is 1.14 bits per heavy atom. The Balaban J connectivity index is 0.00000280. The standard InChI is InChI=1S/C24H30NO2.ClH/c1-5-23(26)18(4)25(6-2,7-3)15-16-27-24-14-10-13-21-20-12-9-8-11-19(20)17-22(21)24;/h5,8-14,18H,1,6-7,15-17H2,2-4H3;1H/q+1;/p-1. The van der Waals surface area contributed by atoms with Crippen molar-refractivity contribution in [2.24, 2.45) is 0 Å². The number of hydrogen-bond acceptors (Lipinski definition) is 2. The van der Waals surface area contributed by atoms with Gasteiger partial charge in [0.15, 0.2) is 0 Å². The van der Waals surface area contributed by atoms with Crippen molar-refractivity contribution < 1.29 is 26.4 Å². The highest BCUT2D eigenvalue weighted by molar-refractivity contribution is 5.92. The first-order chi connectivity index (χ1) is 13.1. The molecule has 0 spiro atoms. The van der Waals surface area contributed by atoms with Gasteiger partial charge in [0.1, 0.15) is 24.9 Å². The van der Waals surface area contributed by atoms with E-state index in [9.17, 15) is 4.79 Å². The third-order valence-electron chi connectivity index (χ3n) is 6.30. The van der Waals surface area contributed by atoms with Gasteiger partial charge in [-0.15, -0.1) is 0 Å². The monoisotopic (exact) mass is 399 g/mol. The van der Waals surface area contributed by atoms with Gasteiger partial charge in [0.2, 0.25) is 5.78 Å². The number of benzene rings is 2. The number of quaternary nitrogens is 1. The number of ether oxygens (including phenoxy) is 1. The molecule has 0 radical (unpaired) electrons. The number of hydrogen-bond donors (Lipinski definition) is 0. The van der Waals surface area contributed by atoms with E-state index in [0.29, 0.717) is 6.61 Å². The van der Waals surface area contributed by atoms with Crippen molar-refractivity contribution in [3.8, 4) is 16.9 Å². The molecule has 0 N–H and O–H groups in total. The van der Waals surface area contributed by atoms with E-state index in [1.165, 1.54) is 28.3 Å². The van der Waals surface area contributed by atoms with Crippen LogP contribution < -0.4 is 17.1 Å². The highest BCUT2D eigenvalue weighted by atomic mass is 35.5. The maximum Gasteiger partial charge on any atom is 0.211 e. The summed E-state index contributed by atoms with van der Waals surface area (Å²) in [5.74, 6) is 1.08. The van der Waals surface area contributed by atoms with Crippen LogP contribution in [0.15, 0.2) is 55.1 Å². The number of carbonyl (C=O) groups excluding carboxylic acids is 1. The fourth-order valence-corrected chi connectivity index (χ4v) is 4.32. The Bertz CT molecular complexity index is 842. The van der Waals surface area contributed by atoms with E-state index >= 15 is 0 Å². The first kappa shape index (κ1) is 22.2. The van der Waals surface area contributed by atoms with Gasteiger partial charge in [-0.25, -0.2) is 0 Å². The molecule has 1 aliphatic carbocycles. The average molecular weight is 400 g/mol. The quantitative estimate of drug-likeness (QED) is 0.404. The molecule has 0 heterocycles. The predicted molar refractivity (Wildman–Crippen MR) is 111 cm³/mol. The molecule has 150 valence electrons. The van der Waals surface area contributed by atoms with E-state index < -0.39 is 0 Å². The topological polar surface area (TPSA) is 26.3 Å². The zero-order chi connectivity index (χ0) is 19.4. The molecule has 0 saturated carbocycles. The fraction of sp³-hybridized carbons (Fsp3) is 0.375. The third kappa shape index (κ3) is 4.01. The molecule has 28 heavy (non-hydrogen) atoms. The summed E-state index contributed by atoms with van der Waals surface area (Å²) in [7, 11) is 0. The summed E-state index contributed by atoms with van der Waals surface area (Å²) in [5, 5.41) is 0. The second kappa shape index (κ2) is 9.40. The van der Waals surface area contributed by atoms with Crippen LogP contribution in [0.5, 0.6) is 5.75 Å². The summed E-state index contributed by atoms with van der Waals surface area (Å²) >= 11 is 0. The highest BCUT2D eigenvalue weighted by Gasteiger charge is 2.34. The van der Waals surface area contributed by atoms with Crippen LogP contribution in [-0.2, 0) is 11.2 Å². The van der Waals surface area contributed by atoms with E-state index in [1.54, 1.807) is 0 Å². The normalized spacial score (nSPS) is 13.1. The van der Waals surface area contributed by atoms with E-state index in [0.717, 1.165) is 36.3 Å². The van der Waals surface area contributed by atoms with Gasteiger partial charge < -0.3 is 21.6 Å². The Morgan fingerprint density at radius 3 is 2.50 bits per heavy atom. The lowest BCUT2D eigenvalue weighted by Crippen LogP contribution is -3.00. The lowest BCUT2D eigenvalue weighted by Gasteiger charge is -2.41. The Morgan fingerprint density at radius 2 is 1.82 bits per heavy atom. The molecular weight excluding hydrogens is 370 g/mol. The van der Waals surface area contributed by atoms with Gasteiger partial charge in [0.25, 0.3) is 0 Å². The predicted octanol–water partition coefficient (Wildman–Crippen LogP) is 1.64. The average Bonchev–Trinajstić information content (AvgIpc) is 3.10. The van der Waals surface area contributed by atoms with Crippen molar-refractivity contribution in [3.05, 3.63) is 66.2 Å². The number of ketones is 1. The van der Waals surface area contributed by atoms with Gasteiger partial charge in [-0.1, -0.05) is 43.0 Å². The van der Waals surface area contributed by atoms with Crippen molar-refractivity contribution in [1.82, 2.24) is 0 Å². The first-order valence-electron chi connectivity index (χ1n) is 9.91. The molecule has 0 aliphatic heterocycles. The van der Waals surface area contributed by atoms with Gasteiger partial charge >= 0.3 is 0 Å². The zero-order valence-electron chi connectivity index (χ0n) is 17.1. The minimum atomic E-state index is -0.0909. The lowest BCUT2D eigenvalue weighted by atomic mass is 10.1. The number of likely N-dealkylation sites (N-methyl/N-ethyl adjacent to an activating group) is 1. The number of carbonyl (C=O) groups is 1. The van der Waals surface area contributed by atoms with Gasteiger partial charge in [-0.05, 0) is 49.6 Å². The maximum absolute atomic E-state index is 12.2. The van der Waals surface area contributed by atoms with Gasteiger partial charge in [0, 0.05) is 12.0 Å². The van der Waals surface area contributed by atoms with Crippen molar-refractivity contribution >= 4 is 5.78 Å². The molecule has 0 fully saturated rings. The molecular formula is C24H30ClNO2. The largest absolute Gasteiger partial charge is 1.00 e. The maximum atomic E-state index is 12.2. The molecule has 1 unspecified atom stereocenters. The molecule has 0 bridgehead atoms. The van der Waals surface area contributed by atoms with E-state index in [-0.39, 0.29) is 24.2 Å². The molecule has 1 atom stereocenters. The Labute approximate surface area is 175 Å². The molecule has 2 aromatic carbocycles. The number of nitrogens with zero attached hydrogens (tertiary/aromatic N) is 1. The number of rotatable bonds is 9. The lowest BCUT2D eigenvalue weighted by molar-refractivity contribution is -0.937. The molecule has 2 aromatic rings. The number of fused-ring (bicyclic) bond motifs is 3. The molecule has 1 aliphatic rings. The Kier molecular flexibility index (Phi) is 7.45. The summed E-state index contributed by atoms with van der Waals surface area (Å²) in [6.07, 6.45) is 2.37. The van der Waals surface area contributed by atoms with Crippen LogP contribution in [0.1, 0.15) is 31.9 Å². The summed E-state index contributed by atoms with van der Waals surface area (Å²) < 4.78 is 6.97. The Hall–Kier alpha value is -2.10. The minimum absolute atomic E-state index is 0. The van der Waals surface area contributed by atoms with Gasteiger partial charge in [-0.2, -0.15) is 0 Å². The van der Waals surface area contributed by atoms with Crippen LogP contribution in [0.25, 0.3) is 11.1 Å². The van der Waals surface area contributed by atoms with Crippen LogP contribution in [0.4, 0.5) is 0 Å². The van der Waals surface area contributed by atoms with Crippen LogP contribution in [0, 0.1) is 0 Å². The SMILES string of the molecule is C=CC(=O)C(C)[N+](CC)(CC)CCOc1cccc2c1Cc1ccccc1-2.[Cl-]. The van der Waals surface area contributed by atoms with E-state index in [1.807, 2.05) is 6.92 Å². The van der Waals surface area contributed by atoms with Crippen molar-refractivity contribution in [2.45, 2.75) is 33.2 Å². The smallest absolute Gasteiger partial charge is 0.211 e. The van der Waals surface area contributed by atoms with Crippen LogP contribution >= 0.6 is 0 Å². The molecule has 4 heteroatoms. The van der Waals surface area contributed by atoms with Crippen LogP contribution in [-0.4, -0.2) is 42.5 Å². The molecule has 0 aromatic heterocycles. The van der Waals surface area contributed by atoms with Crippen molar-refractivity contribution in [2.75, 3.05) is 26.2 Å². The second-order valence-corrected chi connectivity index (χ2v) is 7.32. The van der Waals surface area contributed by atoms with E-state index in [2.05, 4.69) is 62.9 Å². The summed E-state index contributed by atoms with van der Waals surface area (Å²) in [4.78, 5) is 12.2. The molecule has 3 nitrogen and oxygen atoms in total. The van der Waals surface area contributed by atoms with Crippen LogP contribution in [0.3, 0.4) is 0 Å². The van der Waals surface area contributed by atoms with Gasteiger partial charge in [-0.3, -0.25) is 4.79 Å². The first-order valence-corrected chi connectivity index (χ1v) is 9.91. The molecule has 3 rings (SSSR count). The molecule has 0 amide bonds. The van der Waals surface area contributed by atoms with E-state index in [4.69, 9.17) is 4.74 Å². The summed E-state index contributed by atoms with van der Waals surface area (Å²) in [5.41, 5.74) is 5.24. The highest BCUT2D eigenvalue weighted by Crippen LogP contribution is 2.40. The zero-order valence-corrected chi connectivity index (χ0v) is 17.8. The summed E-state index contributed by atoms with van der Waals surface area (Å²) in [6, 6.07) is 14.8. The fourth-order valence-electron chi connectivity index (χ4n) is 4.32. The third-order valence-corrected chi connectivity index (χ3v) is 6.30. The van der Waals surface area contributed by atoms with Crippen molar-refractivity contribution in [1.29, 1.82) is 0 Å². The molecule has 0 saturated heterocycles. The van der Waals surface area contributed by atoms with Gasteiger partial charge in [0.05, 0.1) is 13.1 Å². The minimum Gasteiger partial charge on any atom is -1.00 e. The van der Waals surface area contributed by atoms with Crippen LogP contribution in [0.2, 0.25) is 0 Å². The summed E-state index contributed by atoms with van der Waals surface area (Å²) in [6.45, 7) is 13.2. The van der Waals surface area contributed by atoms with Crippen molar-refractivity contribution in [3.63, 3.8) is 0 Å². The number of halogens is 1. The second-order valence-electron chi connectivity index (χ2n) is 7.32.